The highest BCUT2D eigenvalue weighted by Crippen LogP contribution is 2.44. The zero-order valence-corrected chi connectivity index (χ0v) is 22.5. The van der Waals surface area contributed by atoms with Gasteiger partial charge in [0.2, 0.25) is 5.91 Å². The number of rotatable bonds is 13. The zero-order valence-electron chi connectivity index (χ0n) is 21.7. The number of carboxylic acids is 1. The molecule has 0 spiro atoms. The van der Waals surface area contributed by atoms with Gasteiger partial charge in [0.05, 0.1) is 12.2 Å². The molecule has 1 aliphatic carbocycles. The van der Waals surface area contributed by atoms with Crippen LogP contribution in [0.15, 0.2) is 78.9 Å². The van der Waals surface area contributed by atoms with Gasteiger partial charge in [-0.05, 0) is 27.8 Å². The van der Waals surface area contributed by atoms with E-state index in [0.717, 1.165) is 39.6 Å². The third-order valence-electron chi connectivity index (χ3n) is 6.34. The molecular formula is C30H30N2O7S. The highest BCUT2D eigenvalue weighted by molar-refractivity contribution is 7.99. The first kappa shape index (κ1) is 28.7. The molecule has 1 aliphatic rings. The Morgan fingerprint density at radius 3 is 2.12 bits per heavy atom. The lowest BCUT2D eigenvalue weighted by Gasteiger charge is -2.19. The minimum absolute atomic E-state index is 0.0325. The summed E-state index contributed by atoms with van der Waals surface area (Å²) in [7, 11) is 0. The van der Waals surface area contributed by atoms with E-state index in [9.17, 15) is 19.2 Å². The summed E-state index contributed by atoms with van der Waals surface area (Å²) in [5.74, 6) is -2.11. The number of thioether (sulfide) groups is 1. The highest BCUT2D eigenvalue weighted by atomic mass is 32.2. The maximum atomic E-state index is 12.9. The predicted molar refractivity (Wildman–Crippen MR) is 151 cm³/mol. The van der Waals surface area contributed by atoms with Crippen molar-refractivity contribution >= 4 is 35.7 Å². The van der Waals surface area contributed by atoms with Crippen molar-refractivity contribution < 1.29 is 33.8 Å². The van der Waals surface area contributed by atoms with Crippen LogP contribution < -0.4 is 10.6 Å². The molecule has 0 fully saturated rings. The van der Waals surface area contributed by atoms with Crippen LogP contribution in [0.3, 0.4) is 0 Å². The number of ether oxygens (including phenoxy) is 2. The van der Waals surface area contributed by atoms with Gasteiger partial charge in [-0.15, -0.1) is 11.8 Å². The van der Waals surface area contributed by atoms with E-state index < -0.39 is 36.4 Å². The van der Waals surface area contributed by atoms with E-state index in [0.29, 0.717) is 5.75 Å². The van der Waals surface area contributed by atoms with Gasteiger partial charge >= 0.3 is 18.0 Å². The zero-order chi connectivity index (χ0) is 28.3. The third-order valence-corrected chi connectivity index (χ3v) is 7.28. The Labute approximate surface area is 236 Å². The molecule has 0 saturated carbocycles. The molecule has 3 aromatic rings. The van der Waals surface area contributed by atoms with Crippen LogP contribution in [0.4, 0.5) is 4.79 Å². The minimum atomic E-state index is -1.23. The molecule has 0 heterocycles. The number of carbonyl (C=O) groups is 4. The van der Waals surface area contributed by atoms with Gasteiger partial charge in [-0.2, -0.15) is 0 Å². The normalized spacial score (nSPS) is 12.5. The molecular weight excluding hydrogens is 532 g/mol. The molecule has 3 N–H and O–H groups in total. The number of fused-ring (bicyclic) bond motifs is 3. The number of amides is 2. The van der Waals surface area contributed by atoms with Gasteiger partial charge in [0.1, 0.15) is 19.3 Å². The lowest BCUT2D eigenvalue weighted by molar-refractivity contribution is -0.147. The second-order valence-electron chi connectivity index (χ2n) is 9.11. The first-order chi connectivity index (χ1) is 19.4. The quantitative estimate of drug-likeness (QED) is 0.211. The summed E-state index contributed by atoms with van der Waals surface area (Å²) in [4.78, 5) is 48.9. The van der Waals surface area contributed by atoms with Crippen molar-refractivity contribution in [3.05, 3.63) is 95.6 Å². The molecule has 3 aromatic carbocycles. The van der Waals surface area contributed by atoms with Crippen molar-refractivity contribution in [3.63, 3.8) is 0 Å². The number of nitrogens with one attached hydrogen (secondary N) is 2. The van der Waals surface area contributed by atoms with Gasteiger partial charge in [-0.1, -0.05) is 78.9 Å². The van der Waals surface area contributed by atoms with Gasteiger partial charge in [-0.25, -0.2) is 4.79 Å². The van der Waals surface area contributed by atoms with Crippen LogP contribution in [0, 0.1) is 0 Å². The number of hydrogen-bond donors (Lipinski definition) is 3. The number of carboxylic acid groups (broad SMARTS) is 1. The standard InChI is InChI=1S/C30H30N2O7S/c33-27(34)19-40-15-14-31-29(36)26(16-28(35)38-17-20-8-2-1-3-9-20)32-30(37)39-18-25-23-12-6-4-10-21(23)22-11-5-7-13-24(22)25/h1-13,25-26H,14-19H2,(H,31,36)(H,32,37)(H,33,34)/t26-/m0/s1. The molecule has 4 rings (SSSR count). The van der Waals surface area contributed by atoms with Crippen molar-refractivity contribution in [2.75, 3.05) is 24.7 Å². The van der Waals surface area contributed by atoms with Gasteiger partial charge in [-0.3, -0.25) is 14.4 Å². The summed E-state index contributed by atoms with van der Waals surface area (Å²) in [6, 6.07) is 23.7. The number of hydrogen-bond acceptors (Lipinski definition) is 7. The number of alkyl carbamates (subject to hydrolysis) is 1. The molecule has 2 amide bonds. The first-order valence-electron chi connectivity index (χ1n) is 12.8. The molecule has 9 nitrogen and oxygen atoms in total. The largest absolute Gasteiger partial charge is 0.481 e. The van der Waals surface area contributed by atoms with Crippen LogP contribution in [0.25, 0.3) is 11.1 Å². The van der Waals surface area contributed by atoms with Crippen molar-refractivity contribution in [3.8, 4) is 11.1 Å². The molecule has 1 atom stereocenters. The molecule has 0 radical (unpaired) electrons. The fourth-order valence-electron chi connectivity index (χ4n) is 4.48. The average molecular weight is 563 g/mol. The molecule has 0 aliphatic heterocycles. The molecule has 0 saturated heterocycles. The van der Waals surface area contributed by atoms with E-state index in [1.54, 1.807) is 12.1 Å². The molecule has 0 bridgehead atoms. The van der Waals surface area contributed by atoms with E-state index in [-0.39, 0.29) is 31.4 Å². The highest BCUT2D eigenvalue weighted by Gasteiger charge is 2.30. The molecule has 208 valence electrons. The van der Waals surface area contributed by atoms with Crippen LogP contribution in [0.5, 0.6) is 0 Å². The van der Waals surface area contributed by atoms with Gasteiger partial charge in [0.15, 0.2) is 0 Å². The van der Waals surface area contributed by atoms with Crippen molar-refractivity contribution in [1.82, 2.24) is 10.6 Å². The van der Waals surface area contributed by atoms with E-state index in [2.05, 4.69) is 10.6 Å². The SMILES string of the molecule is O=C(O)CSCCNC(=O)[C@H](CC(=O)OCc1ccccc1)NC(=O)OCC1c2ccccc2-c2ccccc21. The maximum Gasteiger partial charge on any atom is 0.407 e. The number of carbonyl (C=O) groups excluding carboxylic acids is 3. The monoisotopic (exact) mass is 562 g/mol. The number of aliphatic carboxylic acids is 1. The maximum absolute atomic E-state index is 12.9. The lowest BCUT2D eigenvalue weighted by Crippen LogP contribution is -2.48. The fourth-order valence-corrected chi connectivity index (χ4v) is 5.05. The summed E-state index contributed by atoms with van der Waals surface area (Å²) in [6.45, 7) is 0.252. The van der Waals surface area contributed by atoms with Crippen LogP contribution in [0.1, 0.15) is 29.0 Å². The Morgan fingerprint density at radius 2 is 1.48 bits per heavy atom. The average Bonchev–Trinajstić information content (AvgIpc) is 3.28. The summed E-state index contributed by atoms with van der Waals surface area (Å²) in [6.07, 6.45) is -1.23. The minimum Gasteiger partial charge on any atom is -0.481 e. The molecule has 0 aromatic heterocycles. The Balaban J connectivity index is 1.36. The molecule has 10 heteroatoms. The van der Waals surface area contributed by atoms with Crippen molar-refractivity contribution in [2.45, 2.75) is 25.0 Å². The summed E-state index contributed by atoms with van der Waals surface area (Å²) in [5.41, 5.74) is 5.07. The summed E-state index contributed by atoms with van der Waals surface area (Å²) >= 11 is 1.14. The van der Waals surface area contributed by atoms with E-state index in [1.807, 2.05) is 66.7 Å². The van der Waals surface area contributed by atoms with E-state index >= 15 is 0 Å². The van der Waals surface area contributed by atoms with Gasteiger partial charge < -0.3 is 25.2 Å². The fraction of sp³-hybridized carbons (Fsp3) is 0.267. The first-order valence-corrected chi connectivity index (χ1v) is 14.0. The number of benzene rings is 3. The van der Waals surface area contributed by atoms with Crippen LogP contribution in [-0.4, -0.2) is 59.7 Å². The Kier molecular flexibility index (Phi) is 10.2. The lowest BCUT2D eigenvalue weighted by atomic mass is 9.98. The van der Waals surface area contributed by atoms with Crippen LogP contribution in [0.2, 0.25) is 0 Å². The number of esters is 1. The predicted octanol–water partition coefficient (Wildman–Crippen LogP) is 3.96. The summed E-state index contributed by atoms with van der Waals surface area (Å²) < 4.78 is 10.8. The van der Waals surface area contributed by atoms with Gasteiger partial charge in [0, 0.05) is 18.2 Å². The molecule has 40 heavy (non-hydrogen) atoms. The Morgan fingerprint density at radius 1 is 0.850 bits per heavy atom. The van der Waals surface area contributed by atoms with Crippen LogP contribution in [-0.2, 0) is 30.5 Å². The van der Waals surface area contributed by atoms with Crippen LogP contribution >= 0.6 is 11.8 Å². The van der Waals surface area contributed by atoms with E-state index in [4.69, 9.17) is 14.6 Å². The van der Waals surface area contributed by atoms with Gasteiger partial charge in [0.25, 0.3) is 0 Å². The molecule has 0 unspecified atom stereocenters. The topological polar surface area (TPSA) is 131 Å². The third kappa shape index (κ3) is 7.86. The Bertz CT molecular complexity index is 1300. The van der Waals surface area contributed by atoms with Crippen molar-refractivity contribution in [1.29, 1.82) is 0 Å². The van der Waals surface area contributed by atoms with Crippen molar-refractivity contribution in [2.24, 2.45) is 0 Å². The van der Waals surface area contributed by atoms with E-state index in [1.165, 1.54) is 0 Å². The second kappa shape index (κ2) is 14.2. The second-order valence-corrected chi connectivity index (χ2v) is 10.2. The smallest absolute Gasteiger partial charge is 0.407 e. The summed E-state index contributed by atoms with van der Waals surface area (Å²) in [5, 5.41) is 13.9. The Hall–Kier alpha value is -4.31.